The Kier molecular flexibility index (Phi) is 6.52. The molecule has 1 amide bonds. The summed E-state index contributed by atoms with van der Waals surface area (Å²) in [5.74, 6) is -0.122. The van der Waals surface area contributed by atoms with Gasteiger partial charge in [-0.2, -0.15) is 8.78 Å². The van der Waals surface area contributed by atoms with Crippen molar-refractivity contribution in [2.45, 2.75) is 13.2 Å². The molecule has 4 nitrogen and oxygen atoms in total. The summed E-state index contributed by atoms with van der Waals surface area (Å²) in [7, 11) is 1.90. The highest BCUT2D eigenvalue weighted by atomic mass is 35.5. The monoisotopic (exact) mass is 355 g/mol. The molecule has 7 heteroatoms. The van der Waals surface area contributed by atoms with Gasteiger partial charge in [0.2, 0.25) is 0 Å². The second-order valence-electron chi connectivity index (χ2n) is 5.39. The van der Waals surface area contributed by atoms with Gasteiger partial charge >= 0.3 is 6.61 Å². The van der Waals surface area contributed by atoms with Crippen LogP contribution in [0.5, 0.6) is 5.75 Å². The first-order valence-corrected chi connectivity index (χ1v) is 7.70. The molecule has 0 heterocycles. The molecule has 0 aliphatic heterocycles. The molecule has 2 aromatic rings. The lowest BCUT2D eigenvalue weighted by atomic mass is 10.2. The minimum atomic E-state index is -2.87. The van der Waals surface area contributed by atoms with Crippen molar-refractivity contribution in [2.24, 2.45) is 0 Å². The van der Waals surface area contributed by atoms with Gasteiger partial charge < -0.3 is 15.0 Å². The maximum Gasteiger partial charge on any atom is 0.387 e. The van der Waals surface area contributed by atoms with E-state index in [4.69, 9.17) is 11.6 Å². The molecule has 128 valence electrons. The van der Waals surface area contributed by atoms with E-state index >= 15 is 0 Å². The van der Waals surface area contributed by atoms with Gasteiger partial charge in [-0.15, -0.1) is 0 Å². The van der Waals surface area contributed by atoms with Crippen LogP contribution in [0.25, 0.3) is 0 Å². The first-order chi connectivity index (χ1) is 11.4. The van der Waals surface area contributed by atoms with Crippen molar-refractivity contribution in [3.8, 4) is 5.75 Å². The maximum atomic E-state index is 12.1. The Bertz CT molecular complexity index is 681. The maximum absolute atomic E-state index is 12.1. The Morgan fingerprint density at radius 3 is 2.58 bits per heavy atom. The lowest BCUT2D eigenvalue weighted by Crippen LogP contribution is -3.08. The number of likely N-dealkylation sites (N-methyl/N-ethyl adjacent to an activating group) is 1. The summed E-state index contributed by atoms with van der Waals surface area (Å²) in [4.78, 5) is 13.0. The fraction of sp³-hybridized carbons (Fsp3) is 0.235. The molecule has 24 heavy (non-hydrogen) atoms. The van der Waals surface area contributed by atoms with Crippen LogP contribution in [0.4, 0.5) is 14.5 Å². The van der Waals surface area contributed by atoms with Crippen molar-refractivity contribution >= 4 is 23.2 Å². The van der Waals surface area contributed by atoms with E-state index in [2.05, 4.69) is 10.1 Å². The molecule has 0 saturated heterocycles. The molecule has 2 aromatic carbocycles. The molecule has 0 aliphatic rings. The number of nitrogens with one attached hydrogen (secondary N) is 2. The zero-order valence-electron chi connectivity index (χ0n) is 13.1. The van der Waals surface area contributed by atoms with Crippen molar-refractivity contribution in [3.63, 3.8) is 0 Å². The Morgan fingerprint density at radius 2 is 1.96 bits per heavy atom. The first kappa shape index (κ1) is 18.2. The number of anilines is 1. The highest BCUT2D eigenvalue weighted by Crippen LogP contribution is 2.17. The van der Waals surface area contributed by atoms with Gasteiger partial charge in [-0.3, -0.25) is 4.79 Å². The molecular weight excluding hydrogens is 338 g/mol. The number of quaternary nitrogens is 1. The molecule has 1 atom stereocenters. The summed E-state index contributed by atoms with van der Waals surface area (Å²) in [6, 6.07) is 13.3. The fourth-order valence-corrected chi connectivity index (χ4v) is 2.47. The van der Waals surface area contributed by atoms with Gasteiger partial charge in [0.1, 0.15) is 12.3 Å². The fourth-order valence-electron chi connectivity index (χ4n) is 2.26. The average Bonchev–Trinajstić information content (AvgIpc) is 2.48. The van der Waals surface area contributed by atoms with Crippen LogP contribution in [0.1, 0.15) is 5.56 Å². The molecule has 2 N–H and O–H groups in total. The summed E-state index contributed by atoms with van der Waals surface area (Å²) in [5, 5.41) is 3.38. The third-order valence-electron chi connectivity index (χ3n) is 3.22. The van der Waals surface area contributed by atoms with E-state index in [9.17, 15) is 13.6 Å². The predicted octanol–water partition coefficient (Wildman–Crippen LogP) is 2.59. The number of hydrogen-bond donors (Lipinski definition) is 2. The Balaban J connectivity index is 1.83. The van der Waals surface area contributed by atoms with Gasteiger partial charge in [0.05, 0.1) is 7.05 Å². The Morgan fingerprint density at radius 1 is 1.25 bits per heavy atom. The van der Waals surface area contributed by atoms with Crippen molar-refractivity contribution in [3.05, 3.63) is 59.1 Å². The molecule has 2 rings (SSSR count). The molecule has 0 fully saturated rings. The minimum Gasteiger partial charge on any atom is -0.435 e. The summed E-state index contributed by atoms with van der Waals surface area (Å²) in [6.45, 7) is -1.94. The molecule has 0 bridgehead atoms. The number of halogens is 3. The normalized spacial score (nSPS) is 12.0. The highest BCUT2D eigenvalue weighted by Gasteiger charge is 2.11. The van der Waals surface area contributed by atoms with Gasteiger partial charge in [-0.25, -0.2) is 0 Å². The van der Waals surface area contributed by atoms with Crippen molar-refractivity contribution < 1.29 is 23.2 Å². The summed E-state index contributed by atoms with van der Waals surface area (Å²) < 4.78 is 28.4. The molecule has 1 unspecified atom stereocenters. The minimum absolute atomic E-state index is 0.0479. The van der Waals surface area contributed by atoms with Crippen molar-refractivity contribution in [1.29, 1.82) is 0 Å². The number of carbonyl (C=O) groups is 1. The zero-order chi connectivity index (χ0) is 17.5. The van der Waals surface area contributed by atoms with Crippen LogP contribution in [-0.4, -0.2) is 26.1 Å². The molecule has 0 aliphatic carbocycles. The smallest absolute Gasteiger partial charge is 0.387 e. The van der Waals surface area contributed by atoms with Crippen LogP contribution >= 0.6 is 11.6 Å². The predicted molar refractivity (Wildman–Crippen MR) is 88.6 cm³/mol. The highest BCUT2D eigenvalue weighted by molar-refractivity contribution is 6.30. The van der Waals surface area contributed by atoms with E-state index in [1.807, 2.05) is 25.2 Å². The van der Waals surface area contributed by atoms with Gasteiger partial charge in [0.25, 0.3) is 5.91 Å². The lowest BCUT2D eigenvalue weighted by Gasteiger charge is -2.14. The van der Waals surface area contributed by atoms with E-state index in [1.54, 1.807) is 6.07 Å². The van der Waals surface area contributed by atoms with Crippen molar-refractivity contribution in [1.82, 2.24) is 0 Å². The molecule has 0 radical (unpaired) electrons. The number of hydrogen-bond acceptors (Lipinski definition) is 2. The zero-order valence-corrected chi connectivity index (χ0v) is 13.8. The Hall–Kier alpha value is -2.18. The Labute approximate surface area is 144 Å². The van der Waals surface area contributed by atoms with Gasteiger partial charge in [-0.05, 0) is 36.4 Å². The van der Waals surface area contributed by atoms with E-state index < -0.39 is 6.61 Å². The van der Waals surface area contributed by atoms with E-state index in [-0.39, 0.29) is 18.2 Å². The van der Waals surface area contributed by atoms with Crippen LogP contribution in [-0.2, 0) is 11.3 Å². The quantitative estimate of drug-likeness (QED) is 0.801. The number of alkyl halides is 2. The number of amides is 1. The number of benzene rings is 2. The van der Waals surface area contributed by atoms with Gasteiger partial charge in [-0.1, -0.05) is 23.7 Å². The van der Waals surface area contributed by atoms with Gasteiger partial charge in [0.15, 0.2) is 6.54 Å². The first-order valence-electron chi connectivity index (χ1n) is 7.33. The SMILES string of the molecule is C[NH+](CC(=O)Nc1ccc(OC(F)F)cc1)Cc1cccc(Cl)c1. The van der Waals surface area contributed by atoms with Crippen LogP contribution in [0.15, 0.2) is 48.5 Å². The second-order valence-corrected chi connectivity index (χ2v) is 5.83. The van der Waals surface area contributed by atoms with Crippen LogP contribution < -0.4 is 15.0 Å². The average molecular weight is 356 g/mol. The second kappa shape index (κ2) is 8.61. The third-order valence-corrected chi connectivity index (χ3v) is 3.46. The van der Waals surface area contributed by atoms with Crippen LogP contribution in [0.2, 0.25) is 5.02 Å². The van der Waals surface area contributed by atoms with Crippen molar-refractivity contribution in [2.75, 3.05) is 18.9 Å². The molecule has 0 spiro atoms. The molecule has 0 saturated carbocycles. The lowest BCUT2D eigenvalue weighted by molar-refractivity contribution is -0.885. The standard InChI is InChI=1S/C17H17ClF2N2O2/c1-22(10-12-3-2-4-13(18)9-12)11-16(23)21-14-5-7-15(8-6-14)24-17(19)20/h2-9,17H,10-11H2,1H3,(H,21,23)/p+1. The van der Waals surface area contributed by atoms with E-state index in [0.717, 1.165) is 10.5 Å². The third kappa shape index (κ3) is 6.14. The number of ether oxygens (including phenoxy) is 1. The molecule has 0 aromatic heterocycles. The summed E-state index contributed by atoms with van der Waals surface area (Å²) in [6.07, 6.45) is 0. The van der Waals surface area contributed by atoms with E-state index in [0.29, 0.717) is 17.3 Å². The van der Waals surface area contributed by atoms with E-state index in [1.165, 1.54) is 24.3 Å². The topological polar surface area (TPSA) is 42.8 Å². The summed E-state index contributed by atoms with van der Waals surface area (Å²) >= 11 is 5.94. The summed E-state index contributed by atoms with van der Waals surface area (Å²) in [5.41, 5.74) is 1.57. The van der Waals surface area contributed by atoms with Crippen LogP contribution in [0, 0.1) is 0 Å². The number of rotatable bonds is 7. The van der Waals surface area contributed by atoms with Gasteiger partial charge in [0, 0.05) is 16.3 Å². The largest absolute Gasteiger partial charge is 0.435 e. The van der Waals surface area contributed by atoms with Crippen LogP contribution in [0.3, 0.4) is 0 Å². The molecular formula is C17H18ClF2N2O2+. The number of carbonyl (C=O) groups excluding carboxylic acids is 1.